The van der Waals surface area contributed by atoms with Crippen LogP contribution in [0.3, 0.4) is 0 Å². The number of hydrogen-bond acceptors (Lipinski definition) is 5. The first kappa shape index (κ1) is 13.3. The van der Waals surface area contributed by atoms with Gasteiger partial charge in [-0.15, -0.1) is 0 Å². The summed E-state index contributed by atoms with van der Waals surface area (Å²) in [5.74, 6) is 0.819. The molecule has 2 aromatic heterocycles. The minimum Gasteiger partial charge on any atom is -0.439 e. The summed E-state index contributed by atoms with van der Waals surface area (Å²) >= 11 is 0. The molecule has 1 N–H and O–H groups in total. The third-order valence-electron chi connectivity index (χ3n) is 3.16. The van der Waals surface area contributed by atoms with Gasteiger partial charge in [-0.2, -0.15) is 0 Å². The number of rotatable bonds is 3. The number of nitrogens with zero attached hydrogens (tertiary/aromatic N) is 1. The SMILES string of the molecule is Cc1cc(=O)oc2cc(Oc3ncccc3CO)ccc12. The van der Waals surface area contributed by atoms with Gasteiger partial charge in [0.1, 0.15) is 11.3 Å². The third-order valence-corrected chi connectivity index (χ3v) is 3.16. The van der Waals surface area contributed by atoms with Crippen molar-refractivity contribution in [3.63, 3.8) is 0 Å². The van der Waals surface area contributed by atoms with Crippen molar-refractivity contribution >= 4 is 11.0 Å². The summed E-state index contributed by atoms with van der Waals surface area (Å²) in [5.41, 5.74) is 1.50. The zero-order valence-electron chi connectivity index (χ0n) is 11.4. The van der Waals surface area contributed by atoms with E-state index in [9.17, 15) is 9.90 Å². The molecule has 5 heteroatoms. The Morgan fingerprint density at radius 1 is 1.29 bits per heavy atom. The largest absolute Gasteiger partial charge is 0.439 e. The number of aliphatic hydroxyl groups is 1. The molecular formula is C16H13NO4. The van der Waals surface area contributed by atoms with Gasteiger partial charge >= 0.3 is 5.63 Å². The van der Waals surface area contributed by atoms with Crippen molar-refractivity contribution in [2.24, 2.45) is 0 Å². The quantitative estimate of drug-likeness (QED) is 0.748. The number of hydrogen-bond donors (Lipinski definition) is 1. The van der Waals surface area contributed by atoms with Crippen molar-refractivity contribution in [2.45, 2.75) is 13.5 Å². The third kappa shape index (κ3) is 2.64. The molecule has 0 amide bonds. The van der Waals surface area contributed by atoms with Gasteiger partial charge in [-0.1, -0.05) is 0 Å². The number of aryl methyl sites for hydroxylation is 1. The second-order valence-electron chi connectivity index (χ2n) is 4.63. The molecule has 0 bridgehead atoms. The van der Waals surface area contributed by atoms with E-state index in [0.717, 1.165) is 10.9 Å². The molecule has 21 heavy (non-hydrogen) atoms. The maximum Gasteiger partial charge on any atom is 0.336 e. The maximum atomic E-state index is 11.4. The van der Waals surface area contributed by atoms with E-state index < -0.39 is 5.63 Å². The molecule has 0 aliphatic rings. The van der Waals surface area contributed by atoms with Crippen LogP contribution in [0.1, 0.15) is 11.1 Å². The highest BCUT2D eigenvalue weighted by Crippen LogP contribution is 2.27. The Morgan fingerprint density at radius 2 is 2.14 bits per heavy atom. The zero-order valence-corrected chi connectivity index (χ0v) is 11.4. The predicted molar refractivity (Wildman–Crippen MR) is 77.5 cm³/mol. The Labute approximate surface area is 120 Å². The molecule has 0 atom stereocenters. The molecule has 3 aromatic rings. The minimum atomic E-state index is -0.397. The van der Waals surface area contributed by atoms with Gasteiger partial charge in [0.25, 0.3) is 0 Å². The molecule has 0 saturated heterocycles. The lowest BCUT2D eigenvalue weighted by Gasteiger charge is -2.09. The maximum absolute atomic E-state index is 11.4. The summed E-state index contributed by atoms with van der Waals surface area (Å²) < 4.78 is 10.8. The lowest BCUT2D eigenvalue weighted by atomic mass is 10.1. The van der Waals surface area contributed by atoms with Crippen LogP contribution in [-0.2, 0) is 6.61 Å². The summed E-state index contributed by atoms with van der Waals surface area (Å²) in [5, 5.41) is 10.1. The van der Waals surface area contributed by atoms with Crippen LogP contribution in [0.4, 0.5) is 0 Å². The molecule has 0 aliphatic heterocycles. The van der Waals surface area contributed by atoms with Gasteiger partial charge < -0.3 is 14.3 Å². The molecule has 0 unspecified atom stereocenters. The average molecular weight is 283 g/mol. The molecule has 0 radical (unpaired) electrons. The van der Waals surface area contributed by atoms with Gasteiger partial charge in [0.05, 0.1) is 6.61 Å². The predicted octanol–water partition coefficient (Wildman–Crippen LogP) is 2.78. The Hall–Kier alpha value is -2.66. The fraction of sp³-hybridized carbons (Fsp3) is 0.125. The summed E-state index contributed by atoms with van der Waals surface area (Å²) in [4.78, 5) is 15.5. The molecule has 2 heterocycles. The molecule has 0 saturated carbocycles. The smallest absolute Gasteiger partial charge is 0.336 e. The molecule has 0 fully saturated rings. The standard InChI is InChI=1S/C16H13NO4/c1-10-7-15(19)21-14-8-12(4-5-13(10)14)20-16-11(9-18)3-2-6-17-16/h2-8,18H,9H2,1H3. The molecule has 106 valence electrons. The highest BCUT2D eigenvalue weighted by atomic mass is 16.5. The van der Waals surface area contributed by atoms with Gasteiger partial charge in [0, 0.05) is 29.3 Å². The van der Waals surface area contributed by atoms with Gasteiger partial charge in [0.2, 0.25) is 5.88 Å². The summed E-state index contributed by atoms with van der Waals surface area (Å²) in [6.45, 7) is 1.69. The molecule has 1 aromatic carbocycles. The van der Waals surface area contributed by atoms with Crippen molar-refractivity contribution < 1.29 is 14.3 Å². The topological polar surface area (TPSA) is 72.6 Å². The minimum absolute atomic E-state index is 0.162. The first-order valence-corrected chi connectivity index (χ1v) is 6.44. The van der Waals surface area contributed by atoms with E-state index in [1.807, 2.05) is 13.0 Å². The number of pyridine rings is 1. The Morgan fingerprint density at radius 3 is 2.95 bits per heavy atom. The normalized spacial score (nSPS) is 10.8. The Kier molecular flexibility index (Phi) is 3.41. The highest BCUT2D eigenvalue weighted by Gasteiger charge is 2.08. The van der Waals surface area contributed by atoms with Gasteiger partial charge in [-0.3, -0.25) is 0 Å². The Balaban J connectivity index is 2.03. The molecule has 0 aliphatic carbocycles. The van der Waals surface area contributed by atoms with Crippen LogP contribution in [0.25, 0.3) is 11.0 Å². The molecule has 0 spiro atoms. The van der Waals surface area contributed by atoms with Crippen LogP contribution in [0.2, 0.25) is 0 Å². The number of aromatic nitrogens is 1. The number of fused-ring (bicyclic) bond motifs is 1. The van der Waals surface area contributed by atoms with Gasteiger partial charge in [0.15, 0.2) is 0 Å². The second-order valence-corrected chi connectivity index (χ2v) is 4.63. The summed E-state index contributed by atoms with van der Waals surface area (Å²) in [6, 6.07) is 10.1. The van der Waals surface area contributed by atoms with Crippen molar-refractivity contribution in [1.29, 1.82) is 0 Å². The van der Waals surface area contributed by atoms with E-state index in [0.29, 0.717) is 22.8 Å². The van der Waals surface area contributed by atoms with E-state index in [1.54, 1.807) is 30.5 Å². The average Bonchev–Trinajstić information content (AvgIpc) is 2.47. The van der Waals surface area contributed by atoms with Crippen LogP contribution in [-0.4, -0.2) is 10.1 Å². The first-order valence-electron chi connectivity index (χ1n) is 6.44. The van der Waals surface area contributed by atoms with Crippen LogP contribution < -0.4 is 10.4 Å². The summed E-state index contributed by atoms with van der Waals surface area (Å²) in [7, 11) is 0. The molecule has 3 rings (SSSR count). The van der Waals surface area contributed by atoms with Crippen LogP contribution in [0, 0.1) is 6.92 Å². The highest BCUT2D eigenvalue weighted by molar-refractivity contribution is 5.81. The number of ether oxygens (including phenoxy) is 1. The van der Waals surface area contributed by atoms with Crippen LogP contribution in [0.5, 0.6) is 11.6 Å². The van der Waals surface area contributed by atoms with Crippen molar-refractivity contribution in [3.8, 4) is 11.6 Å². The van der Waals surface area contributed by atoms with E-state index in [-0.39, 0.29) is 6.61 Å². The fourth-order valence-corrected chi connectivity index (χ4v) is 2.12. The van der Waals surface area contributed by atoms with Crippen molar-refractivity contribution in [3.05, 3.63) is 64.1 Å². The Bertz CT molecular complexity index is 854. The van der Waals surface area contributed by atoms with Gasteiger partial charge in [-0.25, -0.2) is 9.78 Å². The van der Waals surface area contributed by atoms with Crippen molar-refractivity contribution in [2.75, 3.05) is 0 Å². The monoisotopic (exact) mass is 283 g/mol. The second kappa shape index (κ2) is 5.38. The van der Waals surface area contributed by atoms with Crippen LogP contribution in [0.15, 0.2) is 51.8 Å². The van der Waals surface area contributed by atoms with Crippen molar-refractivity contribution in [1.82, 2.24) is 4.98 Å². The van der Waals surface area contributed by atoms with E-state index in [4.69, 9.17) is 9.15 Å². The lowest BCUT2D eigenvalue weighted by Crippen LogP contribution is -1.98. The zero-order chi connectivity index (χ0) is 14.8. The lowest BCUT2D eigenvalue weighted by molar-refractivity contribution is 0.275. The molecule has 5 nitrogen and oxygen atoms in total. The molecular weight excluding hydrogens is 270 g/mol. The number of aliphatic hydroxyl groups excluding tert-OH is 1. The van der Waals surface area contributed by atoms with E-state index in [2.05, 4.69) is 4.98 Å². The van der Waals surface area contributed by atoms with Crippen LogP contribution >= 0.6 is 0 Å². The number of benzene rings is 1. The van der Waals surface area contributed by atoms with E-state index in [1.165, 1.54) is 6.07 Å². The summed E-state index contributed by atoms with van der Waals surface area (Å²) in [6.07, 6.45) is 1.58. The fourth-order valence-electron chi connectivity index (χ4n) is 2.12. The van der Waals surface area contributed by atoms with E-state index >= 15 is 0 Å². The van der Waals surface area contributed by atoms with Gasteiger partial charge in [-0.05, 0) is 36.8 Å². The first-order chi connectivity index (χ1) is 10.2.